The van der Waals surface area contributed by atoms with Crippen molar-refractivity contribution in [2.24, 2.45) is 11.3 Å². The molecule has 0 aromatic heterocycles. The van der Waals surface area contributed by atoms with Gasteiger partial charge in [-0.1, -0.05) is 6.42 Å². The van der Waals surface area contributed by atoms with E-state index >= 15 is 0 Å². The van der Waals surface area contributed by atoms with Crippen molar-refractivity contribution in [3.8, 4) is 0 Å². The van der Waals surface area contributed by atoms with E-state index < -0.39 is 5.97 Å². The highest BCUT2D eigenvalue weighted by molar-refractivity contribution is 5.74. The monoisotopic (exact) mass is 284 g/mol. The number of hydrogen-bond donors (Lipinski definition) is 3. The van der Waals surface area contributed by atoms with E-state index in [9.17, 15) is 9.59 Å². The standard InChI is InChI=1S/C14H24N2O4/c17-12(18)8-14(4-1-5-14)10-16-13(19)15-6-2-11-3-7-20-9-11/h11H,1-10H2,(H,17,18)(H2,15,16,19). The van der Waals surface area contributed by atoms with Crippen LogP contribution in [0.1, 0.15) is 38.5 Å². The third-order valence-corrected chi connectivity index (χ3v) is 4.43. The number of carboxylic acid groups (broad SMARTS) is 1. The second kappa shape index (κ2) is 6.92. The summed E-state index contributed by atoms with van der Waals surface area (Å²) in [7, 11) is 0. The molecule has 1 aliphatic heterocycles. The van der Waals surface area contributed by atoms with Gasteiger partial charge in [0, 0.05) is 26.3 Å². The largest absolute Gasteiger partial charge is 0.481 e. The van der Waals surface area contributed by atoms with Gasteiger partial charge in [0.25, 0.3) is 0 Å². The molecule has 1 saturated carbocycles. The summed E-state index contributed by atoms with van der Waals surface area (Å²) < 4.78 is 5.28. The van der Waals surface area contributed by atoms with Crippen LogP contribution >= 0.6 is 0 Å². The van der Waals surface area contributed by atoms with Gasteiger partial charge in [-0.15, -0.1) is 0 Å². The Balaban J connectivity index is 1.60. The highest BCUT2D eigenvalue weighted by Crippen LogP contribution is 2.43. The summed E-state index contributed by atoms with van der Waals surface area (Å²) in [5.74, 6) is -0.228. The number of urea groups is 1. The molecule has 114 valence electrons. The number of hydrogen-bond acceptors (Lipinski definition) is 3. The van der Waals surface area contributed by atoms with Crippen molar-refractivity contribution in [1.82, 2.24) is 10.6 Å². The van der Waals surface area contributed by atoms with E-state index in [-0.39, 0.29) is 17.9 Å². The number of carboxylic acids is 1. The molecule has 1 heterocycles. The van der Waals surface area contributed by atoms with Crippen LogP contribution in [0.3, 0.4) is 0 Å². The van der Waals surface area contributed by atoms with Crippen LogP contribution in [0.25, 0.3) is 0 Å². The summed E-state index contributed by atoms with van der Waals surface area (Å²) in [4.78, 5) is 22.5. The van der Waals surface area contributed by atoms with Crippen LogP contribution in [-0.4, -0.2) is 43.4 Å². The third-order valence-electron chi connectivity index (χ3n) is 4.43. The number of amides is 2. The normalized spacial score (nSPS) is 23.9. The summed E-state index contributed by atoms with van der Waals surface area (Å²) in [5.41, 5.74) is -0.220. The Morgan fingerprint density at radius 2 is 2.10 bits per heavy atom. The first-order chi connectivity index (χ1) is 9.60. The maximum absolute atomic E-state index is 11.7. The molecule has 0 aromatic rings. The average Bonchev–Trinajstić information content (AvgIpc) is 2.85. The molecule has 0 spiro atoms. The zero-order chi connectivity index (χ0) is 14.4. The molecular formula is C14H24N2O4. The van der Waals surface area contributed by atoms with Gasteiger partial charge in [0.05, 0.1) is 6.42 Å². The maximum atomic E-state index is 11.7. The van der Waals surface area contributed by atoms with Crippen LogP contribution in [0.15, 0.2) is 0 Å². The van der Waals surface area contributed by atoms with Crippen LogP contribution in [0.2, 0.25) is 0 Å². The van der Waals surface area contributed by atoms with Gasteiger partial charge in [-0.05, 0) is 37.0 Å². The summed E-state index contributed by atoms with van der Waals surface area (Å²) >= 11 is 0. The van der Waals surface area contributed by atoms with E-state index in [1.807, 2.05) is 0 Å². The zero-order valence-electron chi connectivity index (χ0n) is 11.8. The van der Waals surface area contributed by atoms with Gasteiger partial charge in [-0.25, -0.2) is 4.79 Å². The van der Waals surface area contributed by atoms with Gasteiger partial charge in [-0.2, -0.15) is 0 Å². The van der Waals surface area contributed by atoms with Crippen LogP contribution < -0.4 is 10.6 Å². The molecule has 2 rings (SSSR count). The van der Waals surface area contributed by atoms with Crippen molar-refractivity contribution < 1.29 is 19.4 Å². The third kappa shape index (κ3) is 4.37. The van der Waals surface area contributed by atoms with E-state index in [2.05, 4.69) is 10.6 Å². The van der Waals surface area contributed by atoms with Crippen LogP contribution in [0.5, 0.6) is 0 Å². The Labute approximate surface area is 119 Å². The number of carbonyl (C=O) groups excluding carboxylic acids is 1. The minimum Gasteiger partial charge on any atom is -0.481 e. The molecule has 0 aromatic carbocycles. The molecule has 2 amide bonds. The maximum Gasteiger partial charge on any atom is 0.314 e. The molecule has 6 heteroatoms. The lowest BCUT2D eigenvalue weighted by Gasteiger charge is -2.40. The van der Waals surface area contributed by atoms with Gasteiger partial charge in [-0.3, -0.25) is 4.79 Å². The molecule has 1 saturated heterocycles. The zero-order valence-corrected chi connectivity index (χ0v) is 11.8. The molecule has 6 nitrogen and oxygen atoms in total. The Kier molecular flexibility index (Phi) is 5.23. The van der Waals surface area contributed by atoms with Gasteiger partial charge < -0.3 is 20.5 Å². The van der Waals surface area contributed by atoms with E-state index in [4.69, 9.17) is 9.84 Å². The van der Waals surface area contributed by atoms with Gasteiger partial charge in [0.15, 0.2) is 0 Å². The summed E-state index contributed by atoms with van der Waals surface area (Å²) in [5, 5.41) is 14.5. The quantitative estimate of drug-likeness (QED) is 0.658. The van der Waals surface area contributed by atoms with Crippen molar-refractivity contribution in [2.75, 3.05) is 26.3 Å². The molecule has 20 heavy (non-hydrogen) atoms. The van der Waals surface area contributed by atoms with Crippen molar-refractivity contribution in [1.29, 1.82) is 0 Å². The predicted molar refractivity (Wildman–Crippen MR) is 73.5 cm³/mol. The molecule has 0 bridgehead atoms. The second-order valence-corrected chi connectivity index (χ2v) is 6.05. The summed E-state index contributed by atoms with van der Waals surface area (Å²) in [6, 6.07) is -0.194. The van der Waals surface area contributed by atoms with E-state index in [1.165, 1.54) is 0 Å². The van der Waals surface area contributed by atoms with Crippen LogP contribution in [0.4, 0.5) is 4.79 Å². The number of nitrogens with one attached hydrogen (secondary N) is 2. The topological polar surface area (TPSA) is 87.7 Å². The second-order valence-electron chi connectivity index (χ2n) is 6.05. The lowest BCUT2D eigenvalue weighted by Crippen LogP contribution is -2.46. The number of ether oxygens (including phenoxy) is 1. The van der Waals surface area contributed by atoms with E-state index in [0.29, 0.717) is 19.0 Å². The van der Waals surface area contributed by atoms with Gasteiger partial charge in [0.2, 0.25) is 0 Å². The lowest BCUT2D eigenvalue weighted by atomic mass is 9.66. The van der Waals surface area contributed by atoms with E-state index in [1.54, 1.807) is 0 Å². The fourth-order valence-electron chi connectivity index (χ4n) is 2.94. The van der Waals surface area contributed by atoms with Crippen molar-refractivity contribution in [2.45, 2.75) is 38.5 Å². The molecule has 2 fully saturated rings. The number of rotatable bonds is 7. The van der Waals surface area contributed by atoms with Gasteiger partial charge in [0.1, 0.15) is 0 Å². The smallest absolute Gasteiger partial charge is 0.314 e. The first-order valence-corrected chi connectivity index (χ1v) is 7.41. The summed E-state index contributed by atoms with van der Waals surface area (Å²) in [6.45, 7) is 2.73. The fraction of sp³-hybridized carbons (Fsp3) is 0.857. The van der Waals surface area contributed by atoms with Gasteiger partial charge >= 0.3 is 12.0 Å². The summed E-state index contributed by atoms with van der Waals surface area (Å²) in [6.07, 6.45) is 4.99. The van der Waals surface area contributed by atoms with E-state index in [0.717, 1.165) is 45.3 Å². The number of aliphatic carboxylic acids is 1. The van der Waals surface area contributed by atoms with Crippen molar-refractivity contribution in [3.63, 3.8) is 0 Å². The van der Waals surface area contributed by atoms with Crippen LogP contribution in [-0.2, 0) is 9.53 Å². The Morgan fingerprint density at radius 3 is 2.65 bits per heavy atom. The Bertz CT molecular complexity index is 349. The molecule has 0 radical (unpaired) electrons. The molecule has 1 atom stereocenters. The minimum atomic E-state index is -0.784. The Morgan fingerprint density at radius 1 is 1.30 bits per heavy atom. The highest BCUT2D eigenvalue weighted by Gasteiger charge is 2.39. The lowest BCUT2D eigenvalue weighted by molar-refractivity contribution is -0.141. The fourth-order valence-corrected chi connectivity index (χ4v) is 2.94. The number of carbonyl (C=O) groups is 2. The molecule has 1 aliphatic carbocycles. The molecule has 2 aliphatic rings. The van der Waals surface area contributed by atoms with Crippen molar-refractivity contribution >= 4 is 12.0 Å². The first kappa shape index (κ1) is 15.1. The van der Waals surface area contributed by atoms with Crippen LogP contribution in [0, 0.1) is 11.3 Å². The molecule has 3 N–H and O–H groups in total. The highest BCUT2D eigenvalue weighted by atomic mass is 16.5. The SMILES string of the molecule is O=C(O)CC1(CNC(=O)NCCC2CCOC2)CCC1. The minimum absolute atomic E-state index is 0.146. The first-order valence-electron chi connectivity index (χ1n) is 7.41. The Hall–Kier alpha value is -1.30. The average molecular weight is 284 g/mol. The van der Waals surface area contributed by atoms with Crippen molar-refractivity contribution in [3.05, 3.63) is 0 Å². The molecule has 1 unspecified atom stereocenters. The predicted octanol–water partition coefficient (Wildman–Crippen LogP) is 1.36. The molecular weight excluding hydrogens is 260 g/mol.